The number of furan rings is 1. The Bertz CT molecular complexity index is 647. The van der Waals surface area contributed by atoms with Crippen molar-refractivity contribution in [3.63, 3.8) is 0 Å². The van der Waals surface area contributed by atoms with E-state index in [0.717, 1.165) is 29.2 Å². The first-order valence-corrected chi connectivity index (χ1v) is 7.39. The molecule has 1 aromatic heterocycles. The summed E-state index contributed by atoms with van der Waals surface area (Å²) in [5.41, 5.74) is 2.80. The molecule has 0 atom stereocenters. The van der Waals surface area contributed by atoms with Crippen LogP contribution in [0.5, 0.6) is 0 Å². The number of rotatable bonds is 6. The Kier molecular flexibility index (Phi) is 5.22. The molecular formula is C17H23N3O2. The summed E-state index contributed by atoms with van der Waals surface area (Å²) in [4.78, 5) is 14.3. The predicted octanol–water partition coefficient (Wildman–Crippen LogP) is 3.33. The zero-order chi connectivity index (χ0) is 16.1. The van der Waals surface area contributed by atoms with Crippen LogP contribution in [0.3, 0.4) is 0 Å². The smallest absolute Gasteiger partial charge is 0.291 e. The van der Waals surface area contributed by atoms with Gasteiger partial charge in [-0.25, -0.2) is 0 Å². The third-order valence-electron chi connectivity index (χ3n) is 3.15. The molecule has 0 bridgehead atoms. The van der Waals surface area contributed by atoms with Crippen molar-refractivity contribution in [2.24, 2.45) is 0 Å². The Labute approximate surface area is 131 Å². The Hall–Kier alpha value is -2.27. The lowest BCUT2D eigenvalue weighted by Crippen LogP contribution is -2.13. The number of hydrogen-bond acceptors (Lipinski definition) is 4. The quantitative estimate of drug-likeness (QED) is 0.859. The molecule has 1 heterocycles. The molecule has 0 aliphatic heterocycles. The first-order valence-electron chi connectivity index (χ1n) is 7.39. The molecule has 2 rings (SSSR count). The molecule has 0 aliphatic carbocycles. The van der Waals surface area contributed by atoms with Gasteiger partial charge >= 0.3 is 0 Å². The van der Waals surface area contributed by atoms with E-state index < -0.39 is 0 Å². The summed E-state index contributed by atoms with van der Waals surface area (Å²) in [6, 6.07) is 9.41. The SMILES string of the molecule is CCNc1cc(C)ccc1NC(=O)c1ccc(CN(C)C)o1. The summed E-state index contributed by atoms with van der Waals surface area (Å²) >= 11 is 0. The molecule has 0 aliphatic rings. The van der Waals surface area contributed by atoms with Crippen LogP contribution in [-0.2, 0) is 6.54 Å². The molecule has 0 saturated carbocycles. The highest BCUT2D eigenvalue weighted by molar-refractivity contribution is 6.04. The van der Waals surface area contributed by atoms with Crippen LogP contribution in [0.25, 0.3) is 0 Å². The average Bonchev–Trinajstić information content (AvgIpc) is 2.90. The van der Waals surface area contributed by atoms with Gasteiger partial charge in [0, 0.05) is 6.54 Å². The number of nitrogens with one attached hydrogen (secondary N) is 2. The molecule has 2 N–H and O–H groups in total. The second kappa shape index (κ2) is 7.13. The van der Waals surface area contributed by atoms with E-state index >= 15 is 0 Å². The summed E-state index contributed by atoms with van der Waals surface area (Å²) < 4.78 is 5.58. The number of hydrogen-bond donors (Lipinski definition) is 2. The van der Waals surface area contributed by atoms with E-state index in [2.05, 4.69) is 10.6 Å². The Morgan fingerprint density at radius 2 is 1.95 bits per heavy atom. The van der Waals surface area contributed by atoms with Crippen LogP contribution in [0.2, 0.25) is 0 Å². The van der Waals surface area contributed by atoms with Crippen molar-refractivity contribution in [1.82, 2.24) is 4.90 Å². The van der Waals surface area contributed by atoms with Gasteiger partial charge in [-0.3, -0.25) is 4.79 Å². The third-order valence-corrected chi connectivity index (χ3v) is 3.15. The molecule has 22 heavy (non-hydrogen) atoms. The fraction of sp³-hybridized carbons (Fsp3) is 0.353. The van der Waals surface area contributed by atoms with Gasteiger partial charge in [-0.05, 0) is 57.8 Å². The lowest BCUT2D eigenvalue weighted by molar-refractivity contribution is 0.0993. The minimum absolute atomic E-state index is 0.243. The van der Waals surface area contributed by atoms with Gasteiger partial charge in [0.2, 0.25) is 0 Å². The van der Waals surface area contributed by atoms with E-state index in [1.165, 1.54) is 0 Å². The van der Waals surface area contributed by atoms with Crippen molar-refractivity contribution >= 4 is 17.3 Å². The summed E-state index contributed by atoms with van der Waals surface area (Å²) in [5, 5.41) is 6.15. The summed E-state index contributed by atoms with van der Waals surface area (Å²) in [6.45, 7) is 5.50. The maximum atomic E-state index is 12.3. The van der Waals surface area contributed by atoms with Crippen molar-refractivity contribution in [3.8, 4) is 0 Å². The van der Waals surface area contributed by atoms with Crippen molar-refractivity contribution < 1.29 is 9.21 Å². The maximum absolute atomic E-state index is 12.3. The van der Waals surface area contributed by atoms with Crippen LogP contribution in [0.1, 0.15) is 28.8 Å². The molecule has 0 spiro atoms. The van der Waals surface area contributed by atoms with Crippen LogP contribution in [-0.4, -0.2) is 31.4 Å². The first kappa shape index (κ1) is 16.1. The largest absolute Gasteiger partial charge is 0.455 e. The van der Waals surface area contributed by atoms with Gasteiger partial charge in [0.25, 0.3) is 5.91 Å². The van der Waals surface area contributed by atoms with Crippen LogP contribution in [0.4, 0.5) is 11.4 Å². The van der Waals surface area contributed by atoms with E-state index in [9.17, 15) is 4.79 Å². The van der Waals surface area contributed by atoms with E-state index in [0.29, 0.717) is 12.3 Å². The van der Waals surface area contributed by atoms with E-state index in [4.69, 9.17) is 4.42 Å². The Balaban J connectivity index is 2.13. The number of benzene rings is 1. The monoisotopic (exact) mass is 301 g/mol. The minimum Gasteiger partial charge on any atom is -0.455 e. The summed E-state index contributed by atoms with van der Waals surface area (Å²) in [6.07, 6.45) is 0. The van der Waals surface area contributed by atoms with E-state index in [-0.39, 0.29) is 5.91 Å². The third kappa shape index (κ3) is 4.11. The number of carbonyl (C=O) groups is 1. The number of carbonyl (C=O) groups excluding carboxylic acids is 1. The zero-order valence-electron chi connectivity index (χ0n) is 13.6. The molecule has 0 fully saturated rings. The molecule has 5 heteroatoms. The van der Waals surface area contributed by atoms with Gasteiger partial charge in [-0.1, -0.05) is 6.07 Å². The zero-order valence-corrected chi connectivity index (χ0v) is 13.6. The lowest BCUT2D eigenvalue weighted by Gasteiger charge is -2.12. The number of aryl methyl sites for hydroxylation is 1. The number of amides is 1. The average molecular weight is 301 g/mol. The molecule has 1 aromatic carbocycles. The van der Waals surface area contributed by atoms with Crippen LogP contribution in [0, 0.1) is 6.92 Å². The molecule has 0 saturated heterocycles. The maximum Gasteiger partial charge on any atom is 0.291 e. The standard InChI is InChI=1S/C17H23N3O2/c1-5-18-15-10-12(2)6-8-14(15)19-17(21)16-9-7-13(22-16)11-20(3)4/h6-10,18H,5,11H2,1-4H3,(H,19,21). The van der Waals surface area contributed by atoms with Gasteiger partial charge in [0.15, 0.2) is 5.76 Å². The highest BCUT2D eigenvalue weighted by atomic mass is 16.4. The van der Waals surface area contributed by atoms with Crippen LogP contribution < -0.4 is 10.6 Å². The van der Waals surface area contributed by atoms with E-state index in [1.807, 2.05) is 57.1 Å². The van der Waals surface area contributed by atoms with Gasteiger partial charge in [0.05, 0.1) is 17.9 Å². The second-order valence-corrected chi connectivity index (χ2v) is 5.54. The number of anilines is 2. The minimum atomic E-state index is -0.243. The highest BCUT2D eigenvalue weighted by Crippen LogP contribution is 2.24. The van der Waals surface area contributed by atoms with Gasteiger partial charge in [-0.2, -0.15) is 0 Å². The molecule has 1 amide bonds. The normalized spacial score (nSPS) is 10.8. The molecule has 2 aromatic rings. The predicted molar refractivity (Wildman–Crippen MR) is 89.4 cm³/mol. The molecular weight excluding hydrogens is 278 g/mol. The fourth-order valence-corrected chi connectivity index (χ4v) is 2.18. The molecule has 0 unspecified atom stereocenters. The van der Waals surface area contributed by atoms with Gasteiger partial charge < -0.3 is 20.0 Å². The van der Waals surface area contributed by atoms with E-state index in [1.54, 1.807) is 6.07 Å². The summed E-state index contributed by atoms with van der Waals surface area (Å²) in [7, 11) is 3.91. The van der Waals surface area contributed by atoms with Crippen molar-refractivity contribution in [2.45, 2.75) is 20.4 Å². The molecule has 5 nitrogen and oxygen atoms in total. The number of nitrogens with zero attached hydrogens (tertiary/aromatic N) is 1. The van der Waals surface area contributed by atoms with Crippen LogP contribution in [0.15, 0.2) is 34.7 Å². The van der Waals surface area contributed by atoms with Crippen molar-refractivity contribution in [1.29, 1.82) is 0 Å². The second-order valence-electron chi connectivity index (χ2n) is 5.54. The van der Waals surface area contributed by atoms with Crippen molar-refractivity contribution in [2.75, 3.05) is 31.3 Å². The molecule has 0 radical (unpaired) electrons. The van der Waals surface area contributed by atoms with Gasteiger partial charge in [0.1, 0.15) is 5.76 Å². The summed E-state index contributed by atoms with van der Waals surface area (Å²) in [5.74, 6) is 0.846. The Morgan fingerprint density at radius 1 is 1.18 bits per heavy atom. The first-order chi connectivity index (χ1) is 10.5. The fourth-order valence-electron chi connectivity index (χ4n) is 2.18. The molecule has 118 valence electrons. The Morgan fingerprint density at radius 3 is 2.64 bits per heavy atom. The lowest BCUT2D eigenvalue weighted by atomic mass is 10.2. The van der Waals surface area contributed by atoms with Gasteiger partial charge in [-0.15, -0.1) is 0 Å². The van der Waals surface area contributed by atoms with Crippen molar-refractivity contribution in [3.05, 3.63) is 47.4 Å². The topological polar surface area (TPSA) is 57.5 Å². The highest BCUT2D eigenvalue weighted by Gasteiger charge is 2.13. The van der Waals surface area contributed by atoms with Crippen LogP contribution >= 0.6 is 0 Å².